The van der Waals surface area contributed by atoms with Crippen LogP contribution in [-0.2, 0) is 14.8 Å². The number of aliphatic imine (C=N–C) groups is 1. The Morgan fingerprint density at radius 1 is 1.26 bits per heavy atom. The van der Waals surface area contributed by atoms with E-state index >= 15 is 0 Å². The fraction of sp³-hybridized carbons (Fsp3) is 0.316. The maximum Gasteiger partial charge on any atom is 0.263 e. The van der Waals surface area contributed by atoms with Crippen molar-refractivity contribution in [1.82, 2.24) is 14.6 Å². The lowest BCUT2D eigenvalue weighted by atomic mass is 10.1. The number of nitrogens with one attached hydrogen (secondary N) is 1. The molecule has 0 saturated carbocycles. The predicted octanol–water partition coefficient (Wildman–Crippen LogP) is 1.87. The quantitative estimate of drug-likeness (QED) is 0.874. The second-order valence-corrected chi connectivity index (χ2v) is 8.38. The summed E-state index contributed by atoms with van der Waals surface area (Å²) >= 11 is 0. The molecule has 140 valence electrons. The van der Waals surface area contributed by atoms with Gasteiger partial charge >= 0.3 is 0 Å². The van der Waals surface area contributed by atoms with E-state index in [1.165, 1.54) is 6.07 Å². The average Bonchev–Trinajstić information content (AvgIpc) is 3.25. The third-order valence-corrected chi connectivity index (χ3v) is 6.37. The van der Waals surface area contributed by atoms with Crippen LogP contribution in [0.4, 0.5) is 0 Å². The van der Waals surface area contributed by atoms with Crippen LogP contribution in [0.2, 0.25) is 0 Å². The van der Waals surface area contributed by atoms with Gasteiger partial charge in [-0.05, 0) is 49.6 Å². The Balaban J connectivity index is 1.59. The number of aromatic nitrogens is 1. The molecule has 1 saturated heterocycles. The van der Waals surface area contributed by atoms with Gasteiger partial charge in [-0.15, -0.1) is 0 Å². The van der Waals surface area contributed by atoms with Crippen LogP contribution >= 0.6 is 0 Å². The molecule has 0 radical (unpaired) electrons. The molecule has 2 aromatic rings. The van der Waals surface area contributed by atoms with Crippen LogP contribution in [-0.4, -0.2) is 42.6 Å². The van der Waals surface area contributed by atoms with Gasteiger partial charge in [-0.1, -0.05) is 12.1 Å². The third-order valence-electron chi connectivity index (χ3n) is 4.97. The zero-order chi connectivity index (χ0) is 19.0. The number of hydrogen-bond donors (Lipinski definition) is 1. The van der Waals surface area contributed by atoms with Crippen LogP contribution in [0.25, 0.3) is 0 Å². The van der Waals surface area contributed by atoms with Gasteiger partial charge < -0.3 is 4.90 Å². The Bertz CT molecular complexity index is 1000. The summed E-state index contributed by atoms with van der Waals surface area (Å²) < 4.78 is 26.9. The molecule has 0 aliphatic carbocycles. The first kappa shape index (κ1) is 17.7. The molecule has 1 aromatic carbocycles. The summed E-state index contributed by atoms with van der Waals surface area (Å²) in [6.45, 7) is 2.37. The van der Waals surface area contributed by atoms with Crippen molar-refractivity contribution < 1.29 is 13.2 Å². The SMILES string of the molecule is C[C@H](N=C1NS(=O)(=O)c2ccccc21)C(=O)N1CCCC1c1ccncc1. The molecule has 1 amide bonds. The van der Waals surface area contributed by atoms with Crippen LogP contribution in [0.3, 0.4) is 0 Å². The summed E-state index contributed by atoms with van der Waals surface area (Å²) in [6.07, 6.45) is 5.28. The maximum atomic E-state index is 13.0. The minimum Gasteiger partial charge on any atom is -0.334 e. The highest BCUT2D eigenvalue weighted by atomic mass is 32.2. The number of carbonyl (C=O) groups excluding carboxylic acids is 1. The van der Waals surface area contributed by atoms with Gasteiger partial charge in [-0.2, -0.15) is 0 Å². The minimum atomic E-state index is -3.61. The summed E-state index contributed by atoms with van der Waals surface area (Å²) in [5, 5.41) is 0. The van der Waals surface area contributed by atoms with Gasteiger partial charge in [-0.25, -0.2) is 8.42 Å². The van der Waals surface area contributed by atoms with Gasteiger partial charge in [0.25, 0.3) is 10.0 Å². The minimum absolute atomic E-state index is 0.00991. The number of hydrogen-bond acceptors (Lipinski definition) is 5. The van der Waals surface area contributed by atoms with Crippen LogP contribution in [0, 0.1) is 0 Å². The number of amides is 1. The molecule has 2 aliphatic heterocycles. The van der Waals surface area contributed by atoms with E-state index in [1.807, 2.05) is 17.0 Å². The zero-order valence-electron chi connectivity index (χ0n) is 14.9. The Morgan fingerprint density at radius 3 is 2.78 bits per heavy atom. The molecule has 2 atom stereocenters. The monoisotopic (exact) mass is 384 g/mol. The van der Waals surface area contributed by atoms with E-state index in [1.54, 1.807) is 37.5 Å². The van der Waals surface area contributed by atoms with E-state index in [2.05, 4.69) is 14.7 Å². The van der Waals surface area contributed by atoms with Gasteiger partial charge in [0.2, 0.25) is 5.91 Å². The Morgan fingerprint density at radius 2 is 2.00 bits per heavy atom. The third kappa shape index (κ3) is 3.21. The van der Waals surface area contributed by atoms with E-state index in [-0.39, 0.29) is 22.7 Å². The number of benzene rings is 1. The summed E-state index contributed by atoms with van der Waals surface area (Å²) in [4.78, 5) is 23.5. The molecule has 1 fully saturated rings. The summed E-state index contributed by atoms with van der Waals surface area (Å²) in [7, 11) is -3.61. The largest absolute Gasteiger partial charge is 0.334 e. The van der Waals surface area contributed by atoms with Gasteiger partial charge in [0, 0.05) is 24.5 Å². The molecule has 27 heavy (non-hydrogen) atoms. The molecule has 7 nitrogen and oxygen atoms in total. The van der Waals surface area contributed by atoms with Crippen molar-refractivity contribution >= 4 is 21.8 Å². The first-order chi connectivity index (χ1) is 13.0. The van der Waals surface area contributed by atoms with Gasteiger partial charge in [0.05, 0.1) is 10.9 Å². The molecule has 3 heterocycles. The topological polar surface area (TPSA) is 91.7 Å². The highest BCUT2D eigenvalue weighted by Gasteiger charge is 2.34. The molecule has 1 aromatic heterocycles. The van der Waals surface area contributed by atoms with Crippen molar-refractivity contribution in [3.63, 3.8) is 0 Å². The highest BCUT2D eigenvalue weighted by Crippen LogP contribution is 2.32. The van der Waals surface area contributed by atoms with E-state index in [0.29, 0.717) is 12.1 Å². The molecule has 1 N–H and O–H groups in total. The van der Waals surface area contributed by atoms with Crippen molar-refractivity contribution in [2.75, 3.05) is 6.54 Å². The fourth-order valence-corrected chi connectivity index (χ4v) is 4.92. The van der Waals surface area contributed by atoms with Crippen molar-refractivity contribution in [2.45, 2.75) is 36.7 Å². The number of amidine groups is 1. The number of pyridine rings is 1. The number of nitrogens with zero attached hydrogens (tertiary/aromatic N) is 3. The van der Waals surface area contributed by atoms with Gasteiger partial charge in [0.1, 0.15) is 11.9 Å². The van der Waals surface area contributed by atoms with Crippen LogP contribution in [0.1, 0.15) is 36.9 Å². The first-order valence-electron chi connectivity index (χ1n) is 8.88. The van der Waals surface area contributed by atoms with E-state index in [0.717, 1.165) is 18.4 Å². The standard InChI is InChI=1S/C19H20N4O3S/c1-13(21-18-15-5-2-3-7-17(15)27(25,26)22-18)19(24)23-12-4-6-16(23)14-8-10-20-11-9-14/h2-3,5,7-11,13,16H,4,6,12H2,1H3,(H,21,22)/t13-,16?/m0/s1. The summed E-state index contributed by atoms with van der Waals surface area (Å²) in [6, 6.07) is 9.82. The van der Waals surface area contributed by atoms with Crippen molar-refractivity contribution in [1.29, 1.82) is 0 Å². The molecular formula is C19H20N4O3S. The van der Waals surface area contributed by atoms with Gasteiger partial charge in [0.15, 0.2) is 0 Å². The molecule has 2 aliphatic rings. The van der Waals surface area contributed by atoms with E-state index < -0.39 is 16.1 Å². The lowest BCUT2D eigenvalue weighted by Crippen LogP contribution is -2.37. The van der Waals surface area contributed by atoms with Crippen molar-refractivity contribution in [3.8, 4) is 0 Å². The predicted molar refractivity (Wildman–Crippen MR) is 101 cm³/mol. The number of carbonyl (C=O) groups is 1. The van der Waals surface area contributed by atoms with Crippen LogP contribution < -0.4 is 4.72 Å². The maximum absolute atomic E-state index is 13.0. The molecule has 1 unspecified atom stereocenters. The zero-order valence-corrected chi connectivity index (χ0v) is 15.7. The first-order valence-corrected chi connectivity index (χ1v) is 10.4. The smallest absolute Gasteiger partial charge is 0.263 e. The average molecular weight is 384 g/mol. The summed E-state index contributed by atoms with van der Waals surface area (Å²) in [5.41, 5.74) is 1.56. The lowest BCUT2D eigenvalue weighted by molar-refractivity contribution is -0.133. The van der Waals surface area contributed by atoms with E-state index in [9.17, 15) is 13.2 Å². The van der Waals surface area contributed by atoms with Crippen LogP contribution in [0.15, 0.2) is 58.7 Å². The molecule has 8 heteroatoms. The number of sulfonamides is 1. The van der Waals surface area contributed by atoms with Crippen molar-refractivity contribution in [2.24, 2.45) is 4.99 Å². The number of fused-ring (bicyclic) bond motifs is 1. The Kier molecular flexibility index (Phi) is 4.43. The number of rotatable bonds is 3. The normalized spacial score (nSPS) is 23.1. The number of likely N-dealkylation sites (tertiary alicyclic amines) is 1. The fourth-order valence-electron chi connectivity index (χ4n) is 3.68. The van der Waals surface area contributed by atoms with Crippen molar-refractivity contribution in [3.05, 3.63) is 59.9 Å². The van der Waals surface area contributed by atoms with E-state index in [4.69, 9.17) is 0 Å². The van der Waals surface area contributed by atoms with Crippen LogP contribution in [0.5, 0.6) is 0 Å². The second-order valence-electron chi connectivity index (χ2n) is 6.73. The molecule has 0 bridgehead atoms. The lowest BCUT2D eigenvalue weighted by Gasteiger charge is -2.26. The molecular weight excluding hydrogens is 364 g/mol. The second kappa shape index (κ2) is 6.77. The Hall–Kier alpha value is -2.74. The summed E-state index contributed by atoms with van der Waals surface area (Å²) in [5.74, 6) is 0.122. The molecule has 4 rings (SSSR count). The highest BCUT2D eigenvalue weighted by molar-refractivity contribution is 7.90. The molecule has 0 spiro atoms. The van der Waals surface area contributed by atoms with Gasteiger partial charge in [-0.3, -0.25) is 19.5 Å². The Labute approximate surface area is 158 Å².